The standard InChI is InChI=1S/C39H28N2O7/c1-19-14-30(43)35-28(36(19)44)17-27-25(33(35)22-15-21-16-24(42)10-13-31(21)47-18-22)11-12-26-34(27)39(46)41(38(26)45)23-8-6-20(7-9-23)37-40-29-4-2-3-5-32(29)48-37/h2-11,13-14,16,18,26-27,33-34,42H,12,15,17H2,1H3/t26-,27+,33-,34-/m0/s1. The van der Waals surface area contributed by atoms with Crippen LogP contribution >= 0.6 is 0 Å². The number of ketones is 2. The lowest BCUT2D eigenvalue weighted by Crippen LogP contribution is -2.41. The van der Waals surface area contributed by atoms with E-state index < -0.39 is 23.7 Å². The predicted octanol–water partition coefficient (Wildman–Crippen LogP) is 6.19. The van der Waals surface area contributed by atoms with E-state index in [1.807, 2.05) is 30.3 Å². The summed E-state index contributed by atoms with van der Waals surface area (Å²) in [4.78, 5) is 61.3. The molecule has 0 radical (unpaired) electrons. The highest BCUT2D eigenvalue weighted by Gasteiger charge is 2.57. The Morgan fingerprint density at radius 1 is 0.938 bits per heavy atom. The zero-order valence-electron chi connectivity index (χ0n) is 25.8. The number of ether oxygens (including phenoxy) is 1. The highest BCUT2D eigenvalue weighted by molar-refractivity contribution is 6.25. The Balaban J connectivity index is 1.07. The predicted molar refractivity (Wildman–Crippen MR) is 175 cm³/mol. The summed E-state index contributed by atoms with van der Waals surface area (Å²) < 4.78 is 11.9. The van der Waals surface area contributed by atoms with Gasteiger partial charge in [-0.1, -0.05) is 23.8 Å². The first-order valence-electron chi connectivity index (χ1n) is 16.0. The number of hydrogen-bond donors (Lipinski definition) is 1. The number of carbonyl (C=O) groups is 4. The summed E-state index contributed by atoms with van der Waals surface area (Å²) >= 11 is 0. The topological polar surface area (TPSA) is 127 Å². The van der Waals surface area contributed by atoms with Crippen LogP contribution in [0.4, 0.5) is 5.69 Å². The first-order chi connectivity index (χ1) is 23.3. The molecule has 3 aromatic carbocycles. The minimum atomic E-state index is -0.693. The van der Waals surface area contributed by atoms with Crippen molar-refractivity contribution < 1.29 is 33.4 Å². The van der Waals surface area contributed by atoms with Crippen molar-refractivity contribution in [3.63, 3.8) is 0 Å². The van der Waals surface area contributed by atoms with E-state index in [1.54, 1.807) is 55.7 Å². The van der Waals surface area contributed by atoms with E-state index in [1.165, 1.54) is 11.0 Å². The van der Waals surface area contributed by atoms with E-state index >= 15 is 0 Å². The van der Waals surface area contributed by atoms with Crippen molar-refractivity contribution in [3.05, 3.63) is 119 Å². The Hall–Kier alpha value is -5.83. The number of oxazole rings is 1. The number of aromatic nitrogens is 1. The number of aromatic hydroxyl groups is 1. The molecule has 0 unspecified atom stereocenters. The van der Waals surface area contributed by atoms with Crippen LogP contribution in [-0.4, -0.2) is 33.5 Å². The molecule has 5 aliphatic rings. The molecule has 1 fully saturated rings. The maximum Gasteiger partial charge on any atom is 0.238 e. The molecule has 1 N–H and O–H groups in total. The minimum Gasteiger partial charge on any atom is -0.508 e. The third-order valence-corrected chi connectivity index (χ3v) is 10.4. The molecule has 9 heteroatoms. The Kier molecular flexibility index (Phi) is 6.12. The first-order valence-corrected chi connectivity index (χ1v) is 16.0. The first kappa shape index (κ1) is 28.4. The summed E-state index contributed by atoms with van der Waals surface area (Å²) in [5, 5.41) is 10.2. The average Bonchev–Trinajstić information content (AvgIpc) is 3.64. The zero-order valence-corrected chi connectivity index (χ0v) is 25.8. The molecule has 0 saturated carbocycles. The van der Waals surface area contributed by atoms with Gasteiger partial charge in [0.2, 0.25) is 17.7 Å². The van der Waals surface area contributed by atoms with Gasteiger partial charge in [0.1, 0.15) is 17.0 Å². The molecule has 9 nitrogen and oxygen atoms in total. The summed E-state index contributed by atoms with van der Waals surface area (Å²) in [6, 6.07) is 19.4. The highest BCUT2D eigenvalue weighted by Crippen LogP contribution is 2.55. The summed E-state index contributed by atoms with van der Waals surface area (Å²) in [6.45, 7) is 1.63. The van der Waals surface area contributed by atoms with Crippen molar-refractivity contribution in [3.8, 4) is 23.0 Å². The summed E-state index contributed by atoms with van der Waals surface area (Å²) in [5.74, 6) is -2.23. The van der Waals surface area contributed by atoms with E-state index in [4.69, 9.17) is 9.15 Å². The second kappa shape index (κ2) is 10.3. The molecule has 1 aromatic heterocycles. The zero-order chi connectivity index (χ0) is 32.8. The molecule has 2 aliphatic heterocycles. The van der Waals surface area contributed by atoms with Crippen LogP contribution in [-0.2, 0) is 25.6 Å². The molecule has 9 rings (SSSR count). The number of hydrogen-bond acceptors (Lipinski definition) is 8. The number of Topliss-reactive ketones (excluding diaryl/α,β-unsaturated/α-hetero) is 1. The highest BCUT2D eigenvalue weighted by atomic mass is 16.5. The van der Waals surface area contributed by atoms with Gasteiger partial charge in [0.25, 0.3) is 0 Å². The number of amides is 2. The van der Waals surface area contributed by atoms with Crippen LogP contribution in [0.1, 0.15) is 25.3 Å². The number of rotatable bonds is 3. The van der Waals surface area contributed by atoms with E-state index in [0.29, 0.717) is 58.0 Å². The Bertz CT molecular complexity index is 2240. The monoisotopic (exact) mass is 636 g/mol. The van der Waals surface area contributed by atoms with Crippen molar-refractivity contribution >= 4 is 40.2 Å². The van der Waals surface area contributed by atoms with Crippen LogP contribution in [0.3, 0.4) is 0 Å². The fourth-order valence-corrected chi connectivity index (χ4v) is 8.19. The molecule has 1 saturated heterocycles. The van der Waals surface area contributed by atoms with Crippen molar-refractivity contribution in [1.82, 2.24) is 4.98 Å². The number of benzene rings is 3. The van der Waals surface area contributed by atoms with E-state index in [9.17, 15) is 24.3 Å². The number of allylic oxidation sites excluding steroid dienone is 7. The third-order valence-electron chi connectivity index (χ3n) is 10.4. The molecule has 236 valence electrons. The minimum absolute atomic E-state index is 0.0965. The van der Waals surface area contributed by atoms with Crippen molar-refractivity contribution in [2.75, 3.05) is 4.90 Å². The van der Waals surface area contributed by atoms with Gasteiger partial charge in [-0.3, -0.25) is 24.1 Å². The molecular formula is C39H28N2O7. The number of anilines is 1. The fraction of sp³-hybridized carbons (Fsp3) is 0.205. The number of phenols is 1. The maximum absolute atomic E-state index is 14.3. The van der Waals surface area contributed by atoms with E-state index in [2.05, 4.69) is 4.98 Å². The van der Waals surface area contributed by atoms with E-state index in [-0.39, 0.29) is 35.6 Å². The lowest BCUT2D eigenvalue weighted by atomic mass is 9.58. The normalized spacial score (nSPS) is 24.8. The maximum atomic E-state index is 14.3. The molecule has 3 aliphatic carbocycles. The number of fused-ring (bicyclic) bond motifs is 5. The van der Waals surface area contributed by atoms with Gasteiger partial charge in [0, 0.05) is 40.2 Å². The Labute approximate surface area is 274 Å². The van der Waals surface area contributed by atoms with Crippen LogP contribution in [0.15, 0.2) is 117 Å². The van der Waals surface area contributed by atoms with Crippen molar-refractivity contribution in [2.45, 2.75) is 26.2 Å². The third kappa shape index (κ3) is 4.13. The molecule has 4 atom stereocenters. The van der Waals surface area contributed by atoms with Crippen molar-refractivity contribution in [1.29, 1.82) is 0 Å². The van der Waals surface area contributed by atoms with Gasteiger partial charge in [-0.2, -0.15) is 0 Å². The smallest absolute Gasteiger partial charge is 0.238 e. The van der Waals surface area contributed by atoms with Gasteiger partial charge in [-0.05, 0) is 91.9 Å². The van der Waals surface area contributed by atoms with Gasteiger partial charge >= 0.3 is 0 Å². The van der Waals surface area contributed by atoms with Crippen LogP contribution in [0.25, 0.3) is 22.6 Å². The SMILES string of the molecule is CC1=CC(=O)C2=C(C[C@@H]3C(=CC[C@@H]4C(=O)N(c5ccc(-c6nc7ccccc7o6)cc5)C(=O)[C@@H]43)[C@@H]2C2=COc3ccc(O)cc3C2)C1=O. The lowest BCUT2D eigenvalue weighted by molar-refractivity contribution is -0.123. The summed E-state index contributed by atoms with van der Waals surface area (Å²) in [7, 11) is 0. The van der Waals surface area contributed by atoms with Gasteiger partial charge in [0.05, 0.1) is 23.8 Å². The van der Waals surface area contributed by atoms with Crippen LogP contribution in [0, 0.1) is 23.7 Å². The quantitative estimate of drug-likeness (QED) is 0.160. The lowest BCUT2D eigenvalue weighted by Gasteiger charge is -2.43. The molecule has 2 amide bonds. The molecule has 4 aromatic rings. The summed E-state index contributed by atoms with van der Waals surface area (Å²) in [5.41, 5.74) is 6.11. The second-order valence-electron chi connectivity index (χ2n) is 13.1. The second-order valence-corrected chi connectivity index (χ2v) is 13.1. The van der Waals surface area contributed by atoms with Gasteiger partial charge in [-0.25, -0.2) is 4.98 Å². The number of carbonyl (C=O) groups excluding carboxylic acids is 4. The Morgan fingerprint density at radius 2 is 1.75 bits per heavy atom. The number of nitrogens with zero attached hydrogens (tertiary/aromatic N) is 2. The van der Waals surface area contributed by atoms with Crippen LogP contribution in [0.2, 0.25) is 0 Å². The Morgan fingerprint density at radius 3 is 2.56 bits per heavy atom. The summed E-state index contributed by atoms with van der Waals surface area (Å²) in [6.07, 6.45) is 5.93. The van der Waals surface area contributed by atoms with Crippen molar-refractivity contribution in [2.24, 2.45) is 23.7 Å². The van der Waals surface area contributed by atoms with Crippen LogP contribution < -0.4 is 9.64 Å². The van der Waals surface area contributed by atoms with E-state index in [0.717, 1.165) is 22.2 Å². The largest absolute Gasteiger partial charge is 0.508 e. The number of para-hydroxylation sites is 2. The molecule has 0 bridgehead atoms. The fourth-order valence-electron chi connectivity index (χ4n) is 8.19. The average molecular weight is 637 g/mol. The number of imide groups is 1. The molecular weight excluding hydrogens is 608 g/mol. The van der Waals surface area contributed by atoms with Crippen LogP contribution in [0.5, 0.6) is 11.5 Å². The number of phenolic OH excluding ortho intramolecular Hbond substituents is 1. The van der Waals surface area contributed by atoms with Gasteiger partial charge in [0.15, 0.2) is 17.1 Å². The molecule has 0 spiro atoms. The molecule has 48 heavy (non-hydrogen) atoms. The van der Waals surface area contributed by atoms with Gasteiger partial charge < -0.3 is 14.3 Å². The van der Waals surface area contributed by atoms with Gasteiger partial charge in [-0.15, -0.1) is 0 Å². The molecule has 3 heterocycles.